The van der Waals surface area contributed by atoms with Gasteiger partial charge in [-0.1, -0.05) is 351 Å². The van der Waals surface area contributed by atoms with Gasteiger partial charge in [-0.3, -0.25) is 0 Å². The quantitative estimate of drug-likeness (QED) is 0.134. The molecule has 0 amide bonds. The average molecular weight is 1710 g/mol. The normalized spacial score (nSPS) is 14.3. The minimum atomic E-state index is -0.291. The minimum Gasteiger partial charge on any atom is -0.311 e. The Hall–Kier alpha value is -9.52. The lowest BCUT2D eigenvalue weighted by molar-refractivity contribution is 0.567. The van der Waals surface area contributed by atoms with Gasteiger partial charge < -0.3 is 24.2 Å². The molecule has 0 atom stereocenters. The van der Waals surface area contributed by atoms with Crippen LogP contribution in [0.15, 0.2) is 194 Å². The third-order valence-electron chi connectivity index (χ3n) is 27.7. The van der Waals surface area contributed by atoms with E-state index in [1.807, 2.05) is 0 Å². The van der Waals surface area contributed by atoms with E-state index in [1.165, 1.54) is 116 Å². The first kappa shape index (κ1) is 94.6. The predicted octanol–water partition coefficient (Wildman–Crippen LogP) is 34.0. The molecule has 0 radical (unpaired) electrons. The molecule has 11 aromatic carbocycles. The number of hydrogen-bond acceptors (Lipinski definition) is 4. The van der Waals surface area contributed by atoms with Crippen molar-refractivity contribution in [3.8, 4) is 5.69 Å². The Labute approximate surface area is 776 Å². The van der Waals surface area contributed by atoms with E-state index in [-0.39, 0.29) is 82.5 Å². The number of benzene rings is 11. The third-order valence-corrected chi connectivity index (χ3v) is 27.7. The first-order valence-corrected chi connectivity index (χ1v) is 48.0. The Bertz CT molecular complexity index is 5610. The van der Waals surface area contributed by atoms with Gasteiger partial charge in [0.1, 0.15) is 0 Å². The summed E-state index contributed by atoms with van der Waals surface area (Å²) in [5.41, 5.74) is 36.7. The molecular formula is C122H158BN5. The standard InChI is InChI=1S/C122H158BN5/c1-109(2,3)75-43-49-102-98(69-75)99-70-76(110(4,5)6)44-50-103(99)126(102)97-73-106-108-107(74-97)128(96-67-87(121(37,38)39)56-88(68-96)122(40,41)42)105-72-90(125(93-61-81(115(19,20)21)53-82(62-93)116(22,23)24)94-63-83(117(25,26)27)54-84(64-94)118(28,29)30)46-48-101(105)123(108)100-47-45-89(71-104(100)127(106)95-65-85(119(31,32)33)55-86(66-95)120(34,35)36)124(91-57-77(111(7,8)9)51-78(58-91)112(10,11)12)92-59-79(113(13,14)15)52-80(60-92)114(16,17)18/h43-74H,1-42H3. The Balaban J connectivity index is 1.25. The van der Waals surface area contributed by atoms with E-state index in [4.69, 9.17) is 0 Å². The second-order valence-corrected chi connectivity index (χ2v) is 53.1. The number of nitrogens with zero attached hydrogens (tertiary/aromatic N) is 5. The molecule has 0 spiro atoms. The highest BCUT2D eigenvalue weighted by molar-refractivity contribution is 7.00. The maximum absolute atomic E-state index is 2.76. The predicted molar refractivity (Wildman–Crippen MR) is 566 cm³/mol. The number of hydrogen-bond donors (Lipinski definition) is 0. The fraction of sp³-hybridized carbons (Fsp3) is 0.459. The van der Waals surface area contributed by atoms with Crippen molar-refractivity contribution in [2.24, 2.45) is 0 Å². The molecule has 0 fully saturated rings. The summed E-state index contributed by atoms with van der Waals surface area (Å²) in [6.45, 7) is 100.0. The van der Waals surface area contributed by atoms with Gasteiger partial charge in [0, 0.05) is 79.0 Å². The van der Waals surface area contributed by atoms with Crippen LogP contribution in [-0.4, -0.2) is 11.3 Å². The molecule has 0 bridgehead atoms. The van der Waals surface area contributed by atoms with Gasteiger partial charge in [0.15, 0.2) is 0 Å². The van der Waals surface area contributed by atoms with Gasteiger partial charge in [0.2, 0.25) is 0 Å². The Morgan fingerprint density at radius 3 is 0.602 bits per heavy atom. The molecule has 0 unspecified atom stereocenters. The minimum absolute atomic E-state index is 0.107. The topological polar surface area (TPSA) is 17.9 Å². The van der Waals surface area contributed by atoms with Crippen LogP contribution in [0.1, 0.15) is 369 Å². The van der Waals surface area contributed by atoms with Crippen LogP contribution in [-0.2, 0) is 75.8 Å². The van der Waals surface area contributed by atoms with Crippen molar-refractivity contribution < 1.29 is 0 Å². The lowest BCUT2D eigenvalue weighted by Gasteiger charge is -2.46. The first-order chi connectivity index (χ1) is 58.2. The lowest BCUT2D eigenvalue weighted by atomic mass is 9.33. The van der Waals surface area contributed by atoms with Crippen molar-refractivity contribution in [1.82, 2.24) is 4.57 Å². The number of anilines is 12. The summed E-state index contributed by atoms with van der Waals surface area (Å²) in [4.78, 5) is 10.8. The van der Waals surface area contributed by atoms with Gasteiger partial charge in [-0.2, -0.15) is 0 Å². The summed E-state index contributed by atoms with van der Waals surface area (Å²) in [5, 5.41) is 2.51. The molecule has 0 N–H and O–H groups in total. The van der Waals surface area contributed by atoms with E-state index >= 15 is 0 Å². The van der Waals surface area contributed by atoms with Gasteiger partial charge in [0.25, 0.3) is 6.71 Å². The first-order valence-electron chi connectivity index (χ1n) is 48.0. The van der Waals surface area contributed by atoms with Crippen LogP contribution >= 0.6 is 0 Å². The number of aromatic nitrogens is 1. The second-order valence-electron chi connectivity index (χ2n) is 53.1. The van der Waals surface area contributed by atoms with Crippen molar-refractivity contribution in [2.75, 3.05) is 19.6 Å². The van der Waals surface area contributed by atoms with Crippen LogP contribution in [0, 0.1) is 0 Å². The van der Waals surface area contributed by atoms with E-state index in [1.54, 1.807) is 0 Å². The molecule has 0 saturated heterocycles. The molecular weight excluding hydrogens is 1550 g/mol. The summed E-state index contributed by atoms with van der Waals surface area (Å²) in [7, 11) is 0. The van der Waals surface area contributed by atoms with E-state index in [2.05, 4.69) is 509 Å². The molecule has 0 saturated carbocycles. The molecule has 128 heavy (non-hydrogen) atoms. The van der Waals surface area contributed by atoms with Crippen LogP contribution in [0.4, 0.5) is 68.2 Å². The second kappa shape index (κ2) is 31.1. The summed E-state index contributed by atoms with van der Waals surface area (Å²) in [5.74, 6) is 0. The van der Waals surface area contributed by atoms with Crippen molar-refractivity contribution in [2.45, 2.75) is 367 Å². The van der Waals surface area contributed by atoms with Crippen molar-refractivity contribution in [3.63, 3.8) is 0 Å². The Kier molecular flexibility index (Phi) is 23.0. The monoisotopic (exact) mass is 1700 g/mol. The highest BCUT2D eigenvalue weighted by Crippen LogP contribution is 2.55. The third kappa shape index (κ3) is 18.4. The van der Waals surface area contributed by atoms with Crippen LogP contribution in [0.2, 0.25) is 0 Å². The summed E-state index contributed by atoms with van der Waals surface area (Å²) >= 11 is 0. The summed E-state index contributed by atoms with van der Waals surface area (Å²) in [6.07, 6.45) is 0. The van der Waals surface area contributed by atoms with Crippen molar-refractivity contribution >= 4 is 113 Å². The maximum Gasteiger partial charge on any atom is 0.252 e. The SMILES string of the molecule is CC(C)(C)c1cc(N(c2cc(C(C)(C)C)cc(C(C)(C)C)c2)c2ccc3c(c2)N(c2cc(C(C)(C)C)cc(C(C)(C)C)c2)c2cc(-n4c5ccc(C(C)(C)C)cc5c5cc(C(C)(C)C)ccc54)cc4c2B3c2ccc(N(c3cc(C(C)(C)C)cc(C(C)(C)C)c3)c3cc(C(C)(C)C)cc(C(C)(C)C)c3)cc2N4c2cc(C(C)(C)C)cc(C(C)(C)C)c2)cc(C(C)(C)C)c1. The number of rotatable bonds is 9. The fourth-order valence-corrected chi connectivity index (χ4v) is 18.7. The zero-order chi connectivity index (χ0) is 94.7. The molecule has 3 heterocycles. The number of fused-ring (bicyclic) bond motifs is 7. The smallest absolute Gasteiger partial charge is 0.252 e. The lowest BCUT2D eigenvalue weighted by Crippen LogP contribution is -2.61. The van der Waals surface area contributed by atoms with E-state index in [0.717, 1.165) is 73.9 Å². The average Bonchev–Trinajstić information content (AvgIpc) is 1.13. The van der Waals surface area contributed by atoms with E-state index in [9.17, 15) is 0 Å². The molecule has 0 aliphatic carbocycles. The summed E-state index contributed by atoms with van der Waals surface area (Å²) < 4.78 is 2.65. The Morgan fingerprint density at radius 2 is 0.391 bits per heavy atom. The fourth-order valence-electron chi connectivity index (χ4n) is 18.7. The van der Waals surface area contributed by atoms with Crippen LogP contribution in [0.3, 0.4) is 0 Å². The molecule has 2 aliphatic heterocycles. The molecule has 2 aliphatic rings. The largest absolute Gasteiger partial charge is 0.311 e. The van der Waals surface area contributed by atoms with Crippen molar-refractivity contribution in [1.29, 1.82) is 0 Å². The maximum atomic E-state index is 2.76. The molecule has 6 heteroatoms. The van der Waals surface area contributed by atoms with Crippen molar-refractivity contribution in [3.05, 3.63) is 272 Å². The van der Waals surface area contributed by atoms with Crippen LogP contribution in [0.25, 0.3) is 27.5 Å². The zero-order valence-electron chi connectivity index (χ0n) is 87.3. The molecule has 5 nitrogen and oxygen atoms in total. The zero-order valence-corrected chi connectivity index (χ0v) is 87.3. The van der Waals surface area contributed by atoms with Crippen LogP contribution in [0.5, 0.6) is 0 Å². The molecule has 12 aromatic rings. The van der Waals surface area contributed by atoms with Gasteiger partial charge in [-0.25, -0.2) is 0 Å². The molecule has 14 rings (SSSR count). The Morgan fingerprint density at radius 1 is 0.180 bits per heavy atom. The van der Waals surface area contributed by atoms with E-state index < -0.39 is 0 Å². The van der Waals surface area contributed by atoms with Gasteiger partial charge in [-0.05, 0) is 304 Å². The summed E-state index contributed by atoms with van der Waals surface area (Å²) in [6, 6.07) is 80.8. The molecule has 674 valence electrons. The van der Waals surface area contributed by atoms with Gasteiger partial charge >= 0.3 is 0 Å². The van der Waals surface area contributed by atoms with E-state index in [0.29, 0.717) is 0 Å². The highest BCUT2D eigenvalue weighted by atomic mass is 15.2. The molecule has 1 aromatic heterocycles. The van der Waals surface area contributed by atoms with Gasteiger partial charge in [0.05, 0.1) is 16.7 Å². The highest BCUT2D eigenvalue weighted by Gasteiger charge is 2.47. The van der Waals surface area contributed by atoms with Crippen LogP contribution < -0.4 is 36.0 Å². The van der Waals surface area contributed by atoms with Gasteiger partial charge in [-0.15, -0.1) is 0 Å².